The van der Waals surface area contributed by atoms with Crippen LogP contribution in [0.3, 0.4) is 0 Å². The van der Waals surface area contributed by atoms with Crippen molar-refractivity contribution >= 4 is 8.24 Å². The highest BCUT2D eigenvalue weighted by molar-refractivity contribution is 6.82. The predicted octanol–water partition coefficient (Wildman–Crippen LogP) is 0.431. The maximum Gasteiger partial charge on any atom is 0.204 e. The number of nitrogens with zero attached hydrogens (tertiary/aromatic N) is 1. The van der Waals surface area contributed by atoms with Gasteiger partial charge in [0.05, 0.1) is 6.10 Å². The second-order valence-electron chi connectivity index (χ2n) is 3.59. The number of aliphatic hydroxyl groups is 1. The zero-order valence-corrected chi connectivity index (χ0v) is 8.17. The minimum absolute atomic E-state index is 0.143. The van der Waals surface area contributed by atoms with Gasteiger partial charge in [0.1, 0.15) is 0 Å². The second kappa shape index (κ2) is 2.98. The fourth-order valence-corrected chi connectivity index (χ4v) is 2.88. The highest BCUT2D eigenvalue weighted by atomic mass is 28.3. The van der Waals surface area contributed by atoms with Crippen molar-refractivity contribution in [2.75, 3.05) is 13.1 Å². The first kappa shape index (κ1) is 8.79. The lowest BCUT2D eigenvalue weighted by molar-refractivity contribution is 0.189. The Balaban J connectivity index is 2.57. The zero-order valence-electron chi connectivity index (χ0n) is 7.17. The standard InChI is InChI=1S/C8H15NOSi/c1-4-11(2,3)9-6-5-8(10)7-9/h1,8,10H,5-7H2,2-3H3. The fraction of sp³-hybridized carbons (Fsp3) is 0.750. The van der Waals surface area contributed by atoms with Crippen molar-refractivity contribution in [2.24, 2.45) is 0 Å². The van der Waals surface area contributed by atoms with Gasteiger partial charge >= 0.3 is 0 Å². The molecule has 1 rings (SSSR count). The molecule has 0 bridgehead atoms. The maximum atomic E-state index is 9.27. The first-order valence-electron chi connectivity index (χ1n) is 3.97. The third-order valence-electron chi connectivity index (χ3n) is 2.31. The summed E-state index contributed by atoms with van der Waals surface area (Å²) in [6, 6.07) is 0. The lowest BCUT2D eigenvalue weighted by Gasteiger charge is -2.27. The van der Waals surface area contributed by atoms with E-state index < -0.39 is 8.24 Å². The molecule has 11 heavy (non-hydrogen) atoms. The van der Waals surface area contributed by atoms with E-state index in [4.69, 9.17) is 6.42 Å². The number of hydrogen-bond donors (Lipinski definition) is 1. The molecule has 0 aromatic carbocycles. The van der Waals surface area contributed by atoms with E-state index in [-0.39, 0.29) is 6.10 Å². The van der Waals surface area contributed by atoms with Crippen LogP contribution in [-0.2, 0) is 0 Å². The molecule has 1 atom stereocenters. The third-order valence-corrected chi connectivity index (χ3v) is 5.00. The van der Waals surface area contributed by atoms with Crippen LogP contribution in [0.25, 0.3) is 0 Å². The summed E-state index contributed by atoms with van der Waals surface area (Å²) in [6.45, 7) is 6.05. The molecule has 62 valence electrons. The lowest BCUT2D eigenvalue weighted by Crippen LogP contribution is -2.46. The molecule has 1 unspecified atom stereocenters. The van der Waals surface area contributed by atoms with Crippen molar-refractivity contribution in [2.45, 2.75) is 25.6 Å². The Morgan fingerprint density at radius 1 is 1.64 bits per heavy atom. The van der Waals surface area contributed by atoms with Gasteiger partial charge in [0, 0.05) is 6.54 Å². The Labute approximate surface area is 69.3 Å². The first-order valence-corrected chi connectivity index (χ1v) is 6.92. The van der Waals surface area contributed by atoms with E-state index >= 15 is 0 Å². The molecule has 3 heteroatoms. The molecule has 1 fully saturated rings. The molecule has 1 heterocycles. The third kappa shape index (κ3) is 1.83. The van der Waals surface area contributed by atoms with E-state index in [9.17, 15) is 5.11 Å². The van der Waals surface area contributed by atoms with Crippen molar-refractivity contribution in [1.82, 2.24) is 4.57 Å². The SMILES string of the molecule is C#C[Si](C)(C)N1CCC(O)C1. The zero-order chi connectivity index (χ0) is 8.48. The van der Waals surface area contributed by atoms with Crippen LogP contribution in [0.1, 0.15) is 6.42 Å². The number of β-amino-alcohol motifs (C(OH)–C–C–N with tert-alkyl or cyclic N) is 1. The van der Waals surface area contributed by atoms with Crippen LogP contribution in [-0.4, -0.2) is 37.1 Å². The summed E-state index contributed by atoms with van der Waals surface area (Å²) in [5.41, 5.74) is 2.86. The summed E-state index contributed by atoms with van der Waals surface area (Å²) in [5, 5.41) is 9.27. The molecule has 1 aliphatic heterocycles. The van der Waals surface area contributed by atoms with Gasteiger partial charge in [-0.25, -0.2) is 0 Å². The Kier molecular flexibility index (Phi) is 2.38. The van der Waals surface area contributed by atoms with E-state index in [1.165, 1.54) is 0 Å². The molecular formula is C8H15NOSi. The molecule has 1 N–H and O–H groups in total. The average Bonchev–Trinajstić information content (AvgIpc) is 2.36. The first-order chi connectivity index (χ1) is 5.06. The van der Waals surface area contributed by atoms with E-state index in [1.54, 1.807) is 0 Å². The van der Waals surface area contributed by atoms with Crippen LogP contribution in [0.15, 0.2) is 0 Å². The van der Waals surface area contributed by atoms with Crippen LogP contribution >= 0.6 is 0 Å². The number of terminal acetylenes is 1. The molecule has 0 radical (unpaired) electrons. The largest absolute Gasteiger partial charge is 0.392 e. The average molecular weight is 169 g/mol. The van der Waals surface area contributed by atoms with Gasteiger partial charge in [-0.15, -0.1) is 12.0 Å². The Morgan fingerprint density at radius 3 is 2.64 bits per heavy atom. The van der Waals surface area contributed by atoms with Crippen molar-refractivity contribution < 1.29 is 5.11 Å². The van der Waals surface area contributed by atoms with Gasteiger partial charge in [-0.2, -0.15) is 0 Å². The molecule has 2 nitrogen and oxygen atoms in total. The highest BCUT2D eigenvalue weighted by Gasteiger charge is 2.33. The van der Waals surface area contributed by atoms with Crippen LogP contribution in [0.2, 0.25) is 13.1 Å². The van der Waals surface area contributed by atoms with E-state index in [0.29, 0.717) is 0 Å². The topological polar surface area (TPSA) is 23.5 Å². The van der Waals surface area contributed by atoms with Gasteiger partial charge in [-0.05, 0) is 26.1 Å². The second-order valence-corrected chi connectivity index (χ2v) is 7.63. The van der Waals surface area contributed by atoms with Crippen molar-refractivity contribution in [3.05, 3.63) is 0 Å². The predicted molar refractivity (Wildman–Crippen MR) is 48.5 cm³/mol. The summed E-state index contributed by atoms with van der Waals surface area (Å²) in [4.78, 5) is 0. The minimum Gasteiger partial charge on any atom is -0.392 e. The van der Waals surface area contributed by atoms with Gasteiger partial charge in [0.15, 0.2) is 0 Å². The van der Waals surface area contributed by atoms with Crippen LogP contribution < -0.4 is 0 Å². The van der Waals surface area contributed by atoms with Crippen molar-refractivity contribution in [3.63, 3.8) is 0 Å². The van der Waals surface area contributed by atoms with Crippen LogP contribution in [0.5, 0.6) is 0 Å². The van der Waals surface area contributed by atoms with Gasteiger partial charge in [0.25, 0.3) is 0 Å². The van der Waals surface area contributed by atoms with E-state index in [1.807, 2.05) is 0 Å². The van der Waals surface area contributed by atoms with Gasteiger partial charge < -0.3 is 9.67 Å². The number of aliphatic hydroxyl groups excluding tert-OH is 1. The summed E-state index contributed by atoms with van der Waals surface area (Å²) in [6.07, 6.45) is 6.16. The Bertz CT molecular complexity index is 185. The molecule has 1 saturated heterocycles. The smallest absolute Gasteiger partial charge is 0.204 e. The maximum absolute atomic E-state index is 9.27. The van der Waals surface area contributed by atoms with Crippen molar-refractivity contribution in [1.29, 1.82) is 0 Å². The molecule has 0 amide bonds. The van der Waals surface area contributed by atoms with Crippen LogP contribution in [0, 0.1) is 12.0 Å². The summed E-state index contributed by atoms with van der Waals surface area (Å²) in [5.74, 6) is 0. The fourth-order valence-electron chi connectivity index (χ4n) is 1.34. The normalized spacial score (nSPS) is 26.9. The quantitative estimate of drug-likeness (QED) is 0.454. The summed E-state index contributed by atoms with van der Waals surface area (Å²) in [7, 11) is -1.58. The molecule has 0 spiro atoms. The Morgan fingerprint density at radius 2 is 2.27 bits per heavy atom. The molecule has 0 aromatic heterocycles. The van der Waals surface area contributed by atoms with Crippen molar-refractivity contribution in [3.8, 4) is 12.0 Å². The number of hydrogen-bond acceptors (Lipinski definition) is 2. The van der Waals surface area contributed by atoms with E-state index in [0.717, 1.165) is 19.5 Å². The molecule has 0 saturated carbocycles. The Hall–Kier alpha value is -0.303. The van der Waals surface area contributed by atoms with Crippen LogP contribution in [0.4, 0.5) is 0 Å². The molecule has 0 aliphatic carbocycles. The molecular weight excluding hydrogens is 154 g/mol. The highest BCUT2D eigenvalue weighted by Crippen LogP contribution is 2.16. The monoisotopic (exact) mass is 169 g/mol. The summed E-state index contributed by atoms with van der Waals surface area (Å²) >= 11 is 0. The summed E-state index contributed by atoms with van der Waals surface area (Å²) < 4.78 is 2.28. The van der Waals surface area contributed by atoms with E-state index in [2.05, 4.69) is 23.2 Å². The number of rotatable bonds is 1. The minimum atomic E-state index is -1.58. The van der Waals surface area contributed by atoms with Gasteiger partial charge in [0.2, 0.25) is 8.24 Å². The van der Waals surface area contributed by atoms with Gasteiger partial charge in [-0.1, -0.05) is 0 Å². The van der Waals surface area contributed by atoms with Gasteiger partial charge in [-0.3, -0.25) is 0 Å². The lowest BCUT2D eigenvalue weighted by atomic mass is 10.3. The molecule has 1 aliphatic rings. The molecule has 0 aromatic rings.